The molecule has 0 aliphatic carbocycles. The Morgan fingerprint density at radius 1 is 1.12 bits per heavy atom. The molecule has 1 fully saturated rings. The number of carbonyl (C=O) groups is 2. The molecule has 3 heterocycles. The van der Waals surface area contributed by atoms with Crippen LogP contribution in [0.25, 0.3) is 10.9 Å². The Labute approximate surface area is 158 Å². The number of nitrogens with zero attached hydrogens (tertiary/aromatic N) is 4. The summed E-state index contributed by atoms with van der Waals surface area (Å²) >= 11 is 3.27. The van der Waals surface area contributed by atoms with E-state index >= 15 is 0 Å². The molecule has 0 unspecified atom stereocenters. The lowest BCUT2D eigenvalue weighted by Crippen LogP contribution is -2.51. The van der Waals surface area contributed by atoms with E-state index in [0.29, 0.717) is 36.5 Å². The van der Waals surface area contributed by atoms with Crippen LogP contribution in [0.2, 0.25) is 0 Å². The van der Waals surface area contributed by atoms with Crippen LogP contribution < -0.4 is 0 Å². The zero-order valence-electron chi connectivity index (χ0n) is 14.1. The van der Waals surface area contributed by atoms with Gasteiger partial charge in [0, 0.05) is 43.3 Å². The molecule has 1 aliphatic heterocycles. The molecule has 0 spiro atoms. The standard InChI is InChI=1S/C18H18BrN5O2/c19-16-10-22(12-20-16)11-17(25)23-5-7-24(8-6-23)18(26)15-9-13-3-1-2-4-14(13)21-15/h1-4,9-10,12,21H,5-8,11H2. The molecule has 7 nitrogen and oxygen atoms in total. The van der Waals surface area contributed by atoms with Gasteiger partial charge in [-0.25, -0.2) is 4.98 Å². The van der Waals surface area contributed by atoms with E-state index in [1.807, 2.05) is 30.3 Å². The van der Waals surface area contributed by atoms with E-state index in [4.69, 9.17) is 0 Å². The topological polar surface area (TPSA) is 74.2 Å². The number of para-hydroxylation sites is 1. The molecule has 1 aromatic carbocycles. The molecule has 2 aromatic heterocycles. The van der Waals surface area contributed by atoms with Gasteiger partial charge in [-0.1, -0.05) is 18.2 Å². The van der Waals surface area contributed by atoms with Crippen LogP contribution in [0.5, 0.6) is 0 Å². The Kier molecular flexibility index (Phi) is 4.50. The quantitative estimate of drug-likeness (QED) is 0.711. The highest BCUT2D eigenvalue weighted by atomic mass is 79.9. The molecule has 0 radical (unpaired) electrons. The molecule has 0 saturated carbocycles. The number of H-pyrrole nitrogens is 1. The number of amides is 2. The summed E-state index contributed by atoms with van der Waals surface area (Å²) in [5.41, 5.74) is 1.55. The van der Waals surface area contributed by atoms with Crippen molar-refractivity contribution in [2.24, 2.45) is 0 Å². The molecular formula is C18H18BrN5O2. The third kappa shape index (κ3) is 3.37. The number of benzene rings is 1. The van der Waals surface area contributed by atoms with Crippen molar-refractivity contribution in [1.29, 1.82) is 0 Å². The van der Waals surface area contributed by atoms with Crippen molar-refractivity contribution in [2.75, 3.05) is 26.2 Å². The molecular weight excluding hydrogens is 398 g/mol. The van der Waals surface area contributed by atoms with Crippen molar-refractivity contribution < 1.29 is 9.59 Å². The number of halogens is 1. The molecule has 3 aromatic rings. The molecule has 2 amide bonds. The fourth-order valence-electron chi connectivity index (χ4n) is 3.19. The van der Waals surface area contributed by atoms with Gasteiger partial charge in [0.2, 0.25) is 5.91 Å². The van der Waals surface area contributed by atoms with Crippen LogP contribution in [0, 0.1) is 0 Å². The highest BCUT2D eigenvalue weighted by Gasteiger charge is 2.25. The summed E-state index contributed by atoms with van der Waals surface area (Å²) < 4.78 is 2.45. The molecule has 1 aliphatic rings. The Bertz CT molecular complexity index is 922. The first-order valence-corrected chi connectivity index (χ1v) is 9.21. The number of nitrogens with one attached hydrogen (secondary N) is 1. The third-order valence-electron chi connectivity index (χ3n) is 4.60. The van der Waals surface area contributed by atoms with Crippen LogP contribution in [-0.4, -0.2) is 62.3 Å². The highest BCUT2D eigenvalue weighted by molar-refractivity contribution is 9.10. The minimum absolute atomic E-state index is 0.0214. The van der Waals surface area contributed by atoms with Gasteiger partial charge in [0.05, 0.1) is 6.33 Å². The molecule has 1 saturated heterocycles. The number of piperazine rings is 1. The smallest absolute Gasteiger partial charge is 0.270 e. The number of carbonyl (C=O) groups excluding carboxylic acids is 2. The summed E-state index contributed by atoms with van der Waals surface area (Å²) in [5.74, 6) is 0.0134. The maximum absolute atomic E-state index is 12.7. The maximum atomic E-state index is 12.7. The SMILES string of the molecule is O=C(Cn1cnc(Br)c1)N1CCN(C(=O)c2cc3ccccc3[nH]2)CC1. The van der Waals surface area contributed by atoms with Gasteiger partial charge in [0.15, 0.2) is 0 Å². The van der Waals surface area contributed by atoms with Crippen molar-refractivity contribution in [2.45, 2.75) is 6.54 Å². The Hall–Kier alpha value is -2.61. The number of hydrogen-bond donors (Lipinski definition) is 1. The lowest BCUT2D eigenvalue weighted by Gasteiger charge is -2.34. The van der Waals surface area contributed by atoms with Crippen molar-refractivity contribution in [1.82, 2.24) is 24.3 Å². The third-order valence-corrected chi connectivity index (χ3v) is 5.01. The number of imidazole rings is 1. The zero-order valence-corrected chi connectivity index (χ0v) is 15.6. The summed E-state index contributed by atoms with van der Waals surface area (Å²) in [6.07, 6.45) is 3.39. The molecule has 134 valence electrons. The highest BCUT2D eigenvalue weighted by Crippen LogP contribution is 2.17. The monoisotopic (exact) mass is 415 g/mol. The minimum atomic E-state index is -0.0214. The first-order valence-electron chi connectivity index (χ1n) is 8.42. The van der Waals surface area contributed by atoms with Gasteiger partial charge in [-0.05, 0) is 28.1 Å². The van der Waals surface area contributed by atoms with E-state index in [-0.39, 0.29) is 18.4 Å². The first kappa shape index (κ1) is 16.8. The minimum Gasteiger partial charge on any atom is -0.351 e. The Morgan fingerprint density at radius 3 is 2.54 bits per heavy atom. The van der Waals surface area contributed by atoms with E-state index in [1.54, 1.807) is 26.9 Å². The first-order chi connectivity index (χ1) is 12.6. The Balaban J connectivity index is 1.36. The van der Waals surface area contributed by atoms with E-state index in [0.717, 1.165) is 10.9 Å². The summed E-state index contributed by atoms with van der Waals surface area (Å²) in [6.45, 7) is 2.41. The number of aromatic nitrogens is 3. The lowest BCUT2D eigenvalue weighted by atomic mass is 10.2. The molecule has 8 heteroatoms. The van der Waals surface area contributed by atoms with E-state index in [1.165, 1.54) is 0 Å². The van der Waals surface area contributed by atoms with Gasteiger partial charge in [-0.15, -0.1) is 0 Å². The molecule has 26 heavy (non-hydrogen) atoms. The number of fused-ring (bicyclic) bond motifs is 1. The lowest BCUT2D eigenvalue weighted by molar-refractivity contribution is -0.133. The van der Waals surface area contributed by atoms with E-state index in [9.17, 15) is 9.59 Å². The maximum Gasteiger partial charge on any atom is 0.270 e. The van der Waals surface area contributed by atoms with Crippen LogP contribution in [0.1, 0.15) is 10.5 Å². The summed E-state index contributed by atoms with van der Waals surface area (Å²) in [7, 11) is 0. The van der Waals surface area contributed by atoms with Crippen LogP contribution in [-0.2, 0) is 11.3 Å². The normalized spacial score (nSPS) is 14.8. The van der Waals surface area contributed by atoms with Crippen LogP contribution in [0.3, 0.4) is 0 Å². The van der Waals surface area contributed by atoms with Crippen molar-refractivity contribution in [3.8, 4) is 0 Å². The van der Waals surface area contributed by atoms with Crippen LogP contribution in [0.4, 0.5) is 0 Å². The van der Waals surface area contributed by atoms with Gasteiger partial charge in [-0.2, -0.15) is 0 Å². The molecule has 0 bridgehead atoms. The van der Waals surface area contributed by atoms with Gasteiger partial charge in [-0.3, -0.25) is 9.59 Å². The summed E-state index contributed by atoms with van der Waals surface area (Å²) in [4.78, 5) is 35.9. The predicted molar refractivity (Wildman–Crippen MR) is 101 cm³/mol. The average molecular weight is 416 g/mol. The molecule has 4 rings (SSSR count). The van der Waals surface area contributed by atoms with Gasteiger partial charge >= 0.3 is 0 Å². The van der Waals surface area contributed by atoms with E-state index in [2.05, 4.69) is 25.9 Å². The van der Waals surface area contributed by atoms with Gasteiger partial charge in [0.25, 0.3) is 5.91 Å². The van der Waals surface area contributed by atoms with Crippen LogP contribution >= 0.6 is 15.9 Å². The fourth-order valence-corrected chi connectivity index (χ4v) is 3.55. The van der Waals surface area contributed by atoms with E-state index < -0.39 is 0 Å². The van der Waals surface area contributed by atoms with Gasteiger partial charge < -0.3 is 19.4 Å². The second kappa shape index (κ2) is 6.95. The average Bonchev–Trinajstić information content (AvgIpc) is 3.27. The summed E-state index contributed by atoms with van der Waals surface area (Å²) in [5, 5.41) is 1.02. The summed E-state index contributed by atoms with van der Waals surface area (Å²) in [6, 6.07) is 9.71. The van der Waals surface area contributed by atoms with Crippen molar-refractivity contribution in [3.05, 3.63) is 53.2 Å². The molecule has 1 N–H and O–H groups in total. The number of aromatic amines is 1. The van der Waals surface area contributed by atoms with Gasteiger partial charge in [0.1, 0.15) is 16.8 Å². The fraction of sp³-hybridized carbons (Fsp3) is 0.278. The number of hydrogen-bond acceptors (Lipinski definition) is 3. The second-order valence-electron chi connectivity index (χ2n) is 6.31. The van der Waals surface area contributed by atoms with Crippen molar-refractivity contribution in [3.63, 3.8) is 0 Å². The van der Waals surface area contributed by atoms with Crippen LogP contribution in [0.15, 0.2) is 47.5 Å². The predicted octanol–water partition coefficient (Wildman–Crippen LogP) is 2.11. The van der Waals surface area contributed by atoms with Crippen molar-refractivity contribution >= 4 is 38.6 Å². The Morgan fingerprint density at radius 2 is 1.85 bits per heavy atom. The second-order valence-corrected chi connectivity index (χ2v) is 7.12. The number of rotatable bonds is 3. The largest absolute Gasteiger partial charge is 0.351 e. The molecule has 0 atom stereocenters. The zero-order chi connectivity index (χ0) is 18.1.